The van der Waals surface area contributed by atoms with E-state index in [2.05, 4.69) is 6.92 Å². The summed E-state index contributed by atoms with van der Waals surface area (Å²) in [7, 11) is 0. The average molecular weight is 332 g/mol. The number of phenols is 1. The molecule has 4 N–H and O–H groups in total. The van der Waals surface area contributed by atoms with E-state index in [0.29, 0.717) is 36.3 Å². The monoisotopic (exact) mass is 332 g/mol. The van der Waals surface area contributed by atoms with Crippen LogP contribution in [0.5, 0.6) is 5.75 Å². The van der Waals surface area contributed by atoms with Crippen molar-refractivity contribution in [2.24, 2.45) is 17.3 Å². The van der Waals surface area contributed by atoms with E-state index >= 15 is 0 Å². The minimum atomic E-state index is -0.610. The number of aromatic hydroxyl groups is 1. The molecule has 0 amide bonds. The lowest BCUT2D eigenvalue weighted by molar-refractivity contribution is -0.0506. The number of hydrogen-bond acceptors (Lipinski definition) is 4. The molecule has 2 saturated carbocycles. The van der Waals surface area contributed by atoms with E-state index in [4.69, 9.17) is 0 Å². The summed E-state index contributed by atoms with van der Waals surface area (Å²) in [5.74, 6) is 1.55. The fraction of sp³-hybridized carbons (Fsp3) is 0.700. The molecule has 4 heteroatoms. The molecular weight excluding hydrogens is 304 g/mol. The topological polar surface area (TPSA) is 80.9 Å². The van der Waals surface area contributed by atoms with Gasteiger partial charge < -0.3 is 20.4 Å². The lowest BCUT2D eigenvalue weighted by Crippen LogP contribution is -2.45. The number of aliphatic hydroxyl groups is 3. The Bertz CT molecular complexity index is 643. The van der Waals surface area contributed by atoms with E-state index in [1.54, 1.807) is 0 Å². The zero-order chi connectivity index (χ0) is 17.1. The first kappa shape index (κ1) is 16.4. The molecule has 0 radical (unpaired) electrons. The van der Waals surface area contributed by atoms with E-state index in [0.717, 1.165) is 31.2 Å². The summed E-state index contributed by atoms with van der Waals surface area (Å²) in [4.78, 5) is 0. The van der Waals surface area contributed by atoms with Crippen molar-refractivity contribution in [3.05, 3.63) is 28.8 Å². The van der Waals surface area contributed by atoms with Gasteiger partial charge in [0.15, 0.2) is 0 Å². The third kappa shape index (κ3) is 2.23. The van der Waals surface area contributed by atoms with Gasteiger partial charge in [0, 0.05) is 6.61 Å². The number of rotatable bonds is 2. The minimum Gasteiger partial charge on any atom is -0.508 e. The van der Waals surface area contributed by atoms with Gasteiger partial charge in [-0.1, -0.05) is 6.92 Å². The highest BCUT2D eigenvalue weighted by atomic mass is 16.3. The summed E-state index contributed by atoms with van der Waals surface area (Å²) in [6.07, 6.45) is 3.99. The lowest BCUT2D eigenvalue weighted by atomic mass is 9.55. The van der Waals surface area contributed by atoms with E-state index in [1.165, 1.54) is 11.1 Å². The Kier molecular flexibility index (Phi) is 3.90. The first-order valence-corrected chi connectivity index (χ1v) is 9.27. The minimum absolute atomic E-state index is 0.0891. The maximum atomic E-state index is 10.5. The van der Waals surface area contributed by atoms with Crippen LogP contribution in [0.2, 0.25) is 0 Å². The molecule has 0 saturated heterocycles. The SMILES string of the molecule is C[C@]12CC[C@@H]3c4c(CCO)cc(O)cc4CC[C@H]3[C@@H]1C[C@@H](O)[C@@H]2O. The van der Waals surface area contributed by atoms with Crippen molar-refractivity contribution < 1.29 is 20.4 Å². The van der Waals surface area contributed by atoms with Crippen molar-refractivity contribution in [3.8, 4) is 5.75 Å². The molecule has 24 heavy (non-hydrogen) atoms. The summed E-state index contributed by atoms with van der Waals surface area (Å²) < 4.78 is 0. The highest BCUT2D eigenvalue weighted by molar-refractivity contribution is 5.46. The van der Waals surface area contributed by atoms with Gasteiger partial charge >= 0.3 is 0 Å². The Balaban J connectivity index is 1.74. The van der Waals surface area contributed by atoms with Crippen molar-refractivity contribution in [2.45, 2.75) is 63.6 Å². The number of aryl methyl sites for hydroxylation is 1. The van der Waals surface area contributed by atoms with Crippen LogP contribution in [0.3, 0.4) is 0 Å². The molecule has 132 valence electrons. The second-order valence-electron chi connectivity index (χ2n) is 8.36. The molecule has 6 atom stereocenters. The molecule has 1 aromatic carbocycles. The highest BCUT2D eigenvalue weighted by Gasteiger charge is 2.57. The molecule has 0 heterocycles. The summed E-state index contributed by atoms with van der Waals surface area (Å²) in [6.45, 7) is 2.24. The van der Waals surface area contributed by atoms with Gasteiger partial charge in [-0.05, 0) is 90.5 Å². The van der Waals surface area contributed by atoms with Gasteiger partial charge in [0.05, 0.1) is 12.2 Å². The van der Waals surface area contributed by atoms with E-state index in [-0.39, 0.29) is 12.0 Å². The maximum Gasteiger partial charge on any atom is 0.116 e. The van der Waals surface area contributed by atoms with Gasteiger partial charge in [0.1, 0.15) is 5.75 Å². The van der Waals surface area contributed by atoms with E-state index < -0.39 is 12.2 Å². The number of phenolic OH excluding ortho intramolecular Hbond substituents is 1. The van der Waals surface area contributed by atoms with Crippen LogP contribution in [0.1, 0.15) is 55.2 Å². The van der Waals surface area contributed by atoms with Crippen molar-refractivity contribution in [2.75, 3.05) is 6.61 Å². The second kappa shape index (κ2) is 5.72. The van der Waals surface area contributed by atoms with Gasteiger partial charge in [-0.2, -0.15) is 0 Å². The zero-order valence-electron chi connectivity index (χ0n) is 14.3. The first-order chi connectivity index (χ1) is 11.5. The lowest BCUT2D eigenvalue weighted by Gasteiger charge is -2.50. The van der Waals surface area contributed by atoms with Gasteiger partial charge in [0.25, 0.3) is 0 Å². The summed E-state index contributed by atoms with van der Waals surface area (Å²) in [5.41, 5.74) is 3.45. The highest BCUT2D eigenvalue weighted by Crippen LogP contribution is 2.61. The van der Waals surface area contributed by atoms with Gasteiger partial charge in [-0.15, -0.1) is 0 Å². The summed E-state index contributed by atoms with van der Waals surface area (Å²) in [5, 5.41) is 40.2. The molecule has 0 spiro atoms. The number of aliphatic hydroxyl groups excluding tert-OH is 3. The number of benzene rings is 1. The van der Waals surface area contributed by atoms with Gasteiger partial charge in [-0.3, -0.25) is 0 Å². The second-order valence-corrected chi connectivity index (χ2v) is 8.36. The largest absolute Gasteiger partial charge is 0.508 e. The van der Waals surface area contributed by atoms with Crippen molar-refractivity contribution >= 4 is 0 Å². The summed E-state index contributed by atoms with van der Waals surface area (Å²) >= 11 is 0. The Morgan fingerprint density at radius 1 is 1.21 bits per heavy atom. The van der Waals surface area contributed by atoms with Crippen LogP contribution in [0.15, 0.2) is 12.1 Å². The average Bonchev–Trinajstić information content (AvgIpc) is 2.78. The van der Waals surface area contributed by atoms with E-state index in [1.807, 2.05) is 12.1 Å². The molecule has 4 nitrogen and oxygen atoms in total. The van der Waals surface area contributed by atoms with Crippen LogP contribution in [0, 0.1) is 17.3 Å². The molecule has 0 aromatic heterocycles. The zero-order valence-corrected chi connectivity index (χ0v) is 14.3. The van der Waals surface area contributed by atoms with E-state index in [9.17, 15) is 20.4 Å². The smallest absolute Gasteiger partial charge is 0.116 e. The Labute approximate surface area is 143 Å². The molecule has 2 fully saturated rings. The van der Waals surface area contributed by atoms with Crippen LogP contribution < -0.4 is 0 Å². The third-order valence-electron chi connectivity index (χ3n) is 7.25. The molecule has 4 rings (SSSR count). The number of fused-ring (bicyclic) bond motifs is 5. The van der Waals surface area contributed by atoms with Crippen LogP contribution in [-0.2, 0) is 12.8 Å². The van der Waals surface area contributed by atoms with Gasteiger partial charge in [-0.25, -0.2) is 0 Å². The van der Waals surface area contributed by atoms with Crippen LogP contribution in [-0.4, -0.2) is 39.2 Å². The fourth-order valence-electron chi connectivity index (χ4n) is 6.13. The van der Waals surface area contributed by atoms with Crippen molar-refractivity contribution in [3.63, 3.8) is 0 Å². The van der Waals surface area contributed by atoms with Gasteiger partial charge in [0.2, 0.25) is 0 Å². The van der Waals surface area contributed by atoms with Crippen LogP contribution in [0.25, 0.3) is 0 Å². The van der Waals surface area contributed by atoms with Crippen LogP contribution in [0.4, 0.5) is 0 Å². The molecule has 0 unspecified atom stereocenters. The molecule has 1 aromatic rings. The first-order valence-electron chi connectivity index (χ1n) is 9.27. The van der Waals surface area contributed by atoms with Crippen molar-refractivity contribution in [1.29, 1.82) is 0 Å². The molecular formula is C20H28O4. The molecule has 0 aliphatic heterocycles. The molecule has 3 aliphatic rings. The maximum absolute atomic E-state index is 10.5. The Morgan fingerprint density at radius 3 is 2.75 bits per heavy atom. The molecule has 3 aliphatic carbocycles. The Hall–Kier alpha value is -1.10. The Morgan fingerprint density at radius 2 is 2.00 bits per heavy atom. The predicted octanol–water partition coefficient (Wildman–Crippen LogP) is 2.11. The van der Waals surface area contributed by atoms with Crippen molar-refractivity contribution in [1.82, 2.24) is 0 Å². The summed E-state index contributed by atoms with van der Waals surface area (Å²) in [6, 6.07) is 3.70. The number of hydrogen-bond donors (Lipinski definition) is 4. The predicted molar refractivity (Wildman–Crippen MR) is 90.9 cm³/mol. The van der Waals surface area contributed by atoms with Crippen LogP contribution >= 0.6 is 0 Å². The molecule has 0 bridgehead atoms. The quantitative estimate of drug-likeness (QED) is 0.669. The standard InChI is InChI=1S/C20H28O4/c1-20-6-4-15-14(16(20)10-17(23)19(20)24)3-2-11-8-13(22)9-12(5-7-21)18(11)15/h8-9,14-17,19,21-24H,2-7,10H2,1H3/t14-,15+,16+,17-,19+,20+/m1/s1. The fourth-order valence-corrected chi connectivity index (χ4v) is 6.13. The third-order valence-corrected chi connectivity index (χ3v) is 7.25. The normalized spacial score (nSPS) is 40.8.